The molecule has 5 heteroatoms. The molecular weight excluding hydrogens is 236 g/mol. The van der Waals surface area contributed by atoms with Crippen LogP contribution in [0, 0.1) is 11.6 Å². The SMILES string of the molecule is CCC(N)c1cnn(Cc2cc(F)cc(F)c2)c1. The lowest BCUT2D eigenvalue weighted by Crippen LogP contribution is -2.07. The molecule has 2 aromatic rings. The number of nitrogens with zero attached hydrogens (tertiary/aromatic N) is 2. The van der Waals surface area contributed by atoms with E-state index in [0.29, 0.717) is 12.1 Å². The molecule has 0 aliphatic rings. The summed E-state index contributed by atoms with van der Waals surface area (Å²) in [5.74, 6) is -1.16. The molecule has 0 fully saturated rings. The van der Waals surface area contributed by atoms with Crippen molar-refractivity contribution in [3.63, 3.8) is 0 Å². The monoisotopic (exact) mass is 251 g/mol. The van der Waals surface area contributed by atoms with Gasteiger partial charge in [-0.05, 0) is 24.1 Å². The van der Waals surface area contributed by atoms with E-state index in [1.165, 1.54) is 12.1 Å². The largest absolute Gasteiger partial charge is 0.324 e. The van der Waals surface area contributed by atoms with Crippen LogP contribution in [0.4, 0.5) is 8.78 Å². The molecule has 0 aliphatic heterocycles. The van der Waals surface area contributed by atoms with Gasteiger partial charge in [0.2, 0.25) is 0 Å². The number of nitrogens with two attached hydrogens (primary N) is 1. The Hall–Kier alpha value is -1.75. The lowest BCUT2D eigenvalue weighted by atomic mass is 10.1. The minimum atomic E-state index is -0.581. The van der Waals surface area contributed by atoms with Crippen LogP contribution in [0.1, 0.15) is 30.5 Å². The van der Waals surface area contributed by atoms with E-state index in [0.717, 1.165) is 18.1 Å². The zero-order valence-corrected chi connectivity index (χ0v) is 10.1. The Kier molecular flexibility index (Phi) is 3.72. The molecule has 0 radical (unpaired) electrons. The fourth-order valence-electron chi connectivity index (χ4n) is 1.78. The molecule has 1 heterocycles. The number of aromatic nitrogens is 2. The van der Waals surface area contributed by atoms with Crippen molar-refractivity contribution in [2.75, 3.05) is 0 Å². The molecule has 2 rings (SSSR count). The Balaban J connectivity index is 2.16. The number of halogens is 2. The summed E-state index contributed by atoms with van der Waals surface area (Å²) in [6.07, 6.45) is 4.31. The van der Waals surface area contributed by atoms with Gasteiger partial charge in [-0.2, -0.15) is 5.10 Å². The number of hydrogen-bond donors (Lipinski definition) is 1. The van der Waals surface area contributed by atoms with Gasteiger partial charge in [-0.25, -0.2) is 8.78 Å². The van der Waals surface area contributed by atoms with Crippen molar-refractivity contribution in [3.8, 4) is 0 Å². The van der Waals surface area contributed by atoms with E-state index in [4.69, 9.17) is 5.73 Å². The summed E-state index contributed by atoms with van der Waals surface area (Å²) in [7, 11) is 0. The first-order valence-electron chi connectivity index (χ1n) is 5.81. The highest BCUT2D eigenvalue weighted by molar-refractivity contribution is 5.19. The van der Waals surface area contributed by atoms with Crippen LogP contribution in [0.5, 0.6) is 0 Å². The second kappa shape index (κ2) is 5.27. The maximum absolute atomic E-state index is 13.0. The lowest BCUT2D eigenvalue weighted by Gasteiger charge is -2.05. The Morgan fingerprint density at radius 3 is 2.56 bits per heavy atom. The van der Waals surface area contributed by atoms with E-state index < -0.39 is 11.6 Å². The second-order valence-corrected chi connectivity index (χ2v) is 4.26. The van der Waals surface area contributed by atoms with Gasteiger partial charge in [-0.3, -0.25) is 4.68 Å². The maximum Gasteiger partial charge on any atom is 0.126 e. The van der Waals surface area contributed by atoms with Crippen molar-refractivity contribution in [3.05, 3.63) is 53.4 Å². The van der Waals surface area contributed by atoms with Gasteiger partial charge in [0.25, 0.3) is 0 Å². The van der Waals surface area contributed by atoms with Gasteiger partial charge in [0.05, 0.1) is 12.7 Å². The number of hydrogen-bond acceptors (Lipinski definition) is 2. The summed E-state index contributed by atoms with van der Waals surface area (Å²) in [6, 6.07) is 3.39. The molecule has 0 amide bonds. The first kappa shape index (κ1) is 12.7. The summed E-state index contributed by atoms with van der Waals surface area (Å²) in [5, 5.41) is 4.13. The standard InChI is InChI=1S/C13H15F2N3/c1-2-13(16)10-6-17-18(8-10)7-9-3-11(14)5-12(15)4-9/h3-6,8,13H,2,7,16H2,1H3. The van der Waals surface area contributed by atoms with Crippen molar-refractivity contribution in [2.45, 2.75) is 25.9 Å². The Morgan fingerprint density at radius 1 is 1.28 bits per heavy atom. The van der Waals surface area contributed by atoms with E-state index in [1.54, 1.807) is 17.1 Å². The lowest BCUT2D eigenvalue weighted by molar-refractivity contribution is 0.574. The number of rotatable bonds is 4. The zero-order valence-electron chi connectivity index (χ0n) is 10.1. The summed E-state index contributed by atoms with van der Waals surface area (Å²) < 4.78 is 27.7. The van der Waals surface area contributed by atoms with Crippen molar-refractivity contribution in [2.24, 2.45) is 5.73 Å². The van der Waals surface area contributed by atoms with Crippen LogP contribution in [0.2, 0.25) is 0 Å². The molecule has 18 heavy (non-hydrogen) atoms. The zero-order chi connectivity index (χ0) is 13.1. The van der Waals surface area contributed by atoms with Crippen molar-refractivity contribution in [1.29, 1.82) is 0 Å². The second-order valence-electron chi connectivity index (χ2n) is 4.26. The molecule has 0 bridgehead atoms. The van der Waals surface area contributed by atoms with E-state index in [-0.39, 0.29) is 6.04 Å². The van der Waals surface area contributed by atoms with Gasteiger partial charge in [-0.1, -0.05) is 6.92 Å². The molecule has 1 aromatic carbocycles. The average molecular weight is 251 g/mol. The van der Waals surface area contributed by atoms with Gasteiger partial charge >= 0.3 is 0 Å². The minimum Gasteiger partial charge on any atom is -0.324 e. The summed E-state index contributed by atoms with van der Waals surface area (Å²) in [5.41, 5.74) is 7.34. The third-order valence-corrected chi connectivity index (χ3v) is 2.79. The molecule has 3 nitrogen and oxygen atoms in total. The van der Waals surface area contributed by atoms with Gasteiger partial charge in [0, 0.05) is 23.9 Å². The molecule has 1 atom stereocenters. The van der Waals surface area contributed by atoms with Crippen molar-refractivity contribution >= 4 is 0 Å². The van der Waals surface area contributed by atoms with E-state index in [9.17, 15) is 8.78 Å². The van der Waals surface area contributed by atoms with E-state index >= 15 is 0 Å². The molecule has 96 valence electrons. The van der Waals surface area contributed by atoms with Gasteiger partial charge < -0.3 is 5.73 Å². The van der Waals surface area contributed by atoms with Crippen molar-refractivity contribution < 1.29 is 8.78 Å². The van der Waals surface area contributed by atoms with Gasteiger partial charge in [0.1, 0.15) is 11.6 Å². The summed E-state index contributed by atoms with van der Waals surface area (Å²) in [6.45, 7) is 2.31. The summed E-state index contributed by atoms with van der Waals surface area (Å²) in [4.78, 5) is 0. The van der Waals surface area contributed by atoms with Crippen LogP contribution < -0.4 is 5.73 Å². The predicted octanol–water partition coefficient (Wildman–Crippen LogP) is 2.62. The molecule has 2 N–H and O–H groups in total. The average Bonchev–Trinajstić information content (AvgIpc) is 2.75. The fraction of sp³-hybridized carbons (Fsp3) is 0.308. The molecule has 1 aromatic heterocycles. The topological polar surface area (TPSA) is 43.8 Å². The van der Waals surface area contributed by atoms with Crippen LogP contribution in [0.25, 0.3) is 0 Å². The van der Waals surface area contributed by atoms with E-state index in [1.807, 2.05) is 6.92 Å². The third kappa shape index (κ3) is 2.92. The van der Waals surface area contributed by atoms with E-state index in [2.05, 4.69) is 5.10 Å². The van der Waals surface area contributed by atoms with Crippen LogP contribution in [-0.4, -0.2) is 9.78 Å². The minimum absolute atomic E-state index is 0.0528. The summed E-state index contributed by atoms with van der Waals surface area (Å²) >= 11 is 0. The van der Waals surface area contributed by atoms with Crippen LogP contribution in [0.15, 0.2) is 30.6 Å². The molecule has 0 spiro atoms. The Morgan fingerprint density at radius 2 is 1.94 bits per heavy atom. The van der Waals surface area contributed by atoms with Gasteiger partial charge in [0.15, 0.2) is 0 Å². The highest BCUT2D eigenvalue weighted by Gasteiger charge is 2.07. The molecule has 1 unspecified atom stereocenters. The highest BCUT2D eigenvalue weighted by Crippen LogP contribution is 2.14. The highest BCUT2D eigenvalue weighted by atomic mass is 19.1. The molecular formula is C13H15F2N3. The smallest absolute Gasteiger partial charge is 0.126 e. The first-order chi connectivity index (χ1) is 8.58. The van der Waals surface area contributed by atoms with Crippen molar-refractivity contribution in [1.82, 2.24) is 9.78 Å². The first-order valence-corrected chi connectivity index (χ1v) is 5.81. The molecule has 0 aliphatic carbocycles. The predicted molar refractivity (Wildman–Crippen MR) is 64.9 cm³/mol. The van der Waals surface area contributed by atoms with Crippen LogP contribution >= 0.6 is 0 Å². The maximum atomic E-state index is 13.0. The fourth-order valence-corrected chi connectivity index (χ4v) is 1.78. The molecule has 0 saturated heterocycles. The normalized spacial score (nSPS) is 12.7. The van der Waals surface area contributed by atoms with Gasteiger partial charge in [-0.15, -0.1) is 0 Å². The van der Waals surface area contributed by atoms with Crippen LogP contribution in [0.3, 0.4) is 0 Å². The van der Waals surface area contributed by atoms with Crippen LogP contribution in [-0.2, 0) is 6.54 Å². The third-order valence-electron chi connectivity index (χ3n) is 2.79. The number of benzene rings is 1. The quantitative estimate of drug-likeness (QED) is 0.907. The molecule has 0 saturated carbocycles. The Labute approximate surface area is 104 Å². The Bertz CT molecular complexity index is 517.